The summed E-state index contributed by atoms with van der Waals surface area (Å²) in [7, 11) is 0. The molecule has 34 heavy (non-hydrogen) atoms. The molecule has 4 rings (SSSR count). The molecule has 0 bridgehead atoms. The van der Waals surface area contributed by atoms with E-state index in [1.807, 2.05) is 18.2 Å². The SMILES string of the molecule is CC1CCCCC1Nc1nc(NCCOCCOCCN)nc(Nc2ccc3c(c2)OCO3)n1. The quantitative estimate of drug-likeness (QED) is 0.319. The van der Waals surface area contributed by atoms with Crippen LogP contribution < -0.4 is 31.2 Å². The number of hydrogen-bond acceptors (Lipinski definition) is 11. The van der Waals surface area contributed by atoms with Gasteiger partial charge in [0, 0.05) is 30.9 Å². The highest BCUT2D eigenvalue weighted by Gasteiger charge is 2.22. The second kappa shape index (κ2) is 12.5. The number of anilines is 4. The molecular formula is C23H35N7O4. The number of fused-ring (bicyclic) bond motifs is 1. The van der Waals surface area contributed by atoms with Crippen LogP contribution in [0.15, 0.2) is 18.2 Å². The highest BCUT2D eigenvalue weighted by molar-refractivity contribution is 5.61. The summed E-state index contributed by atoms with van der Waals surface area (Å²) >= 11 is 0. The Balaban J connectivity index is 1.39. The number of hydrogen-bond donors (Lipinski definition) is 4. The molecule has 0 spiro atoms. The maximum absolute atomic E-state index is 5.58. The minimum Gasteiger partial charge on any atom is -0.454 e. The summed E-state index contributed by atoms with van der Waals surface area (Å²) in [5.41, 5.74) is 6.21. The van der Waals surface area contributed by atoms with Gasteiger partial charge in [0.05, 0.1) is 26.4 Å². The van der Waals surface area contributed by atoms with Crippen LogP contribution in [-0.2, 0) is 9.47 Å². The van der Waals surface area contributed by atoms with Gasteiger partial charge < -0.3 is 40.6 Å². The van der Waals surface area contributed by atoms with E-state index in [0.29, 0.717) is 75.1 Å². The molecule has 1 aromatic heterocycles. The predicted octanol–water partition coefficient (Wildman–Crippen LogP) is 2.74. The van der Waals surface area contributed by atoms with Crippen molar-refractivity contribution in [2.24, 2.45) is 11.7 Å². The number of rotatable bonds is 13. The Morgan fingerprint density at radius 3 is 2.56 bits per heavy atom. The Labute approximate surface area is 200 Å². The van der Waals surface area contributed by atoms with Crippen molar-refractivity contribution in [3.63, 3.8) is 0 Å². The van der Waals surface area contributed by atoms with Crippen LogP contribution >= 0.6 is 0 Å². The molecule has 1 aliphatic carbocycles. The van der Waals surface area contributed by atoms with E-state index in [0.717, 1.165) is 17.9 Å². The van der Waals surface area contributed by atoms with E-state index in [1.54, 1.807) is 0 Å². The zero-order chi connectivity index (χ0) is 23.6. The van der Waals surface area contributed by atoms with E-state index >= 15 is 0 Å². The summed E-state index contributed by atoms with van der Waals surface area (Å²) in [5, 5.41) is 10.0. The number of nitrogens with one attached hydrogen (secondary N) is 3. The van der Waals surface area contributed by atoms with Crippen LogP contribution in [0.1, 0.15) is 32.6 Å². The lowest BCUT2D eigenvalue weighted by molar-refractivity contribution is 0.0547. The summed E-state index contributed by atoms with van der Waals surface area (Å²) in [6, 6.07) is 5.99. The van der Waals surface area contributed by atoms with Gasteiger partial charge in [0.1, 0.15) is 0 Å². The Hall–Kier alpha value is -2.89. The standard InChI is InChI=1S/C23H35N7O4/c1-16-4-2-3-5-18(16)27-23-29-21(25-9-11-32-13-12-31-10-8-24)28-22(30-23)26-17-6-7-19-20(14-17)34-15-33-19/h6-7,14,16,18H,2-5,8-13,15,24H2,1H3,(H3,25,26,27,28,29,30). The summed E-state index contributed by atoms with van der Waals surface area (Å²) < 4.78 is 21.8. The molecule has 2 aromatic rings. The van der Waals surface area contributed by atoms with Gasteiger partial charge in [-0.3, -0.25) is 0 Å². The lowest BCUT2D eigenvalue weighted by Crippen LogP contribution is -2.31. The average Bonchev–Trinajstić information content (AvgIpc) is 3.30. The largest absolute Gasteiger partial charge is 0.454 e. The van der Waals surface area contributed by atoms with E-state index in [-0.39, 0.29) is 6.79 Å². The second-order valence-electron chi connectivity index (χ2n) is 8.45. The van der Waals surface area contributed by atoms with Gasteiger partial charge in [0.2, 0.25) is 24.6 Å². The minimum atomic E-state index is 0.230. The van der Waals surface area contributed by atoms with Gasteiger partial charge in [-0.2, -0.15) is 15.0 Å². The topological polar surface area (TPSA) is 138 Å². The molecule has 2 heterocycles. The Morgan fingerprint density at radius 2 is 1.71 bits per heavy atom. The van der Waals surface area contributed by atoms with E-state index in [2.05, 4.69) is 37.8 Å². The number of benzene rings is 1. The lowest BCUT2D eigenvalue weighted by atomic mass is 9.86. The second-order valence-corrected chi connectivity index (χ2v) is 8.45. The number of ether oxygens (including phenoxy) is 4. The number of aromatic nitrogens is 3. The zero-order valence-electron chi connectivity index (χ0n) is 19.7. The van der Waals surface area contributed by atoms with Crippen molar-refractivity contribution in [2.45, 2.75) is 38.6 Å². The van der Waals surface area contributed by atoms with Gasteiger partial charge in [-0.25, -0.2) is 0 Å². The van der Waals surface area contributed by atoms with Crippen LogP contribution in [0.3, 0.4) is 0 Å². The van der Waals surface area contributed by atoms with Crippen LogP contribution in [0.4, 0.5) is 23.5 Å². The molecule has 1 saturated carbocycles. The fourth-order valence-corrected chi connectivity index (χ4v) is 4.02. The maximum atomic E-state index is 5.58. The highest BCUT2D eigenvalue weighted by Crippen LogP contribution is 2.35. The molecular weight excluding hydrogens is 438 g/mol. The normalized spacial score (nSPS) is 19.1. The van der Waals surface area contributed by atoms with Gasteiger partial charge in [0.25, 0.3) is 0 Å². The molecule has 1 aliphatic heterocycles. The summed E-state index contributed by atoms with van der Waals surface area (Å²) in [6.45, 7) is 5.67. The van der Waals surface area contributed by atoms with E-state index < -0.39 is 0 Å². The molecule has 186 valence electrons. The lowest BCUT2D eigenvalue weighted by Gasteiger charge is -2.29. The molecule has 2 aliphatic rings. The first-order valence-corrected chi connectivity index (χ1v) is 12.0. The molecule has 1 aromatic carbocycles. The fourth-order valence-electron chi connectivity index (χ4n) is 4.02. The molecule has 2 unspecified atom stereocenters. The molecule has 5 N–H and O–H groups in total. The smallest absolute Gasteiger partial charge is 0.233 e. The molecule has 0 saturated heterocycles. The monoisotopic (exact) mass is 473 g/mol. The minimum absolute atomic E-state index is 0.230. The van der Waals surface area contributed by atoms with Gasteiger partial charge in [-0.05, 0) is 30.9 Å². The van der Waals surface area contributed by atoms with E-state index in [1.165, 1.54) is 19.3 Å². The first-order valence-electron chi connectivity index (χ1n) is 12.0. The summed E-state index contributed by atoms with van der Waals surface area (Å²) in [5.74, 6) is 3.47. The molecule has 0 amide bonds. The third-order valence-electron chi connectivity index (χ3n) is 5.85. The van der Waals surface area contributed by atoms with Crippen molar-refractivity contribution < 1.29 is 18.9 Å². The zero-order valence-corrected chi connectivity index (χ0v) is 19.7. The van der Waals surface area contributed by atoms with Gasteiger partial charge in [-0.15, -0.1) is 0 Å². The molecule has 11 heteroatoms. The van der Waals surface area contributed by atoms with Gasteiger partial charge in [0.15, 0.2) is 11.5 Å². The molecule has 1 fully saturated rings. The third kappa shape index (κ3) is 7.05. The third-order valence-corrected chi connectivity index (χ3v) is 5.85. The van der Waals surface area contributed by atoms with Crippen molar-refractivity contribution >= 4 is 23.5 Å². The van der Waals surface area contributed by atoms with Crippen LogP contribution in [0.25, 0.3) is 0 Å². The van der Waals surface area contributed by atoms with Crippen molar-refractivity contribution in [3.8, 4) is 11.5 Å². The Morgan fingerprint density at radius 1 is 0.941 bits per heavy atom. The summed E-state index contributed by atoms with van der Waals surface area (Å²) in [4.78, 5) is 13.8. The predicted molar refractivity (Wildman–Crippen MR) is 130 cm³/mol. The van der Waals surface area contributed by atoms with E-state index in [9.17, 15) is 0 Å². The molecule has 2 atom stereocenters. The van der Waals surface area contributed by atoms with Crippen molar-refractivity contribution in [1.29, 1.82) is 0 Å². The van der Waals surface area contributed by atoms with Crippen LogP contribution in [0.2, 0.25) is 0 Å². The van der Waals surface area contributed by atoms with Crippen LogP contribution in [0.5, 0.6) is 11.5 Å². The number of nitrogens with zero attached hydrogens (tertiary/aromatic N) is 3. The Kier molecular flexibility index (Phi) is 8.94. The van der Waals surface area contributed by atoms with E-state index in [4.69, 9.17) is 24.7 Å². The van der Waals surface area contributed by atoms with Crippen molar-refractivity contribution in [2.75, 3.05) is 62.3 Å². The van der Waals surface area contributed by atoms with Gasteiger partial charge >= 0.3 is 0 Å². The first kappa shape index (κ1) is 24.2. The molecule has 0 radical (unpaired) electrons. The van der Waals surface area contributed by atoms with Crippen molar-refractivity contribution in [3.05, 3.63) is 18.2 Å². The average molecular weight is 474 g/mol. The highest BCUT2D eigenvalue weighted by atomic mass is 16.7. The Bertz CT molecular complexity index is 917. The fraction of sp³-hybridized carbons (Fsp3) is 0.609. The van der Waals surface area contributed by atoms with Gasteiger partial charge in [-0.1, -0.05) is 19.8 Å². The maximum Gasteiger partial charge on any atom is 0.233 e. The molecule has 11 nitrogen and oxygen atoms in total. The van der Waals surface area contributed by atoms with Crippen LogP contribution in [-0.4, -0.2) is 67.3 Å². The van der Waals surface area contributed by atoms with Crippen LogP contribution in [0, 0.1) is 5.92 Å². The first-order chi connectivity index (χ1) is 16.7. The van der Waals surface area contributed by atoms with Crippen molar-refractivity contribution in [1.82, 2.24) is 15.0 Å². The number of nitrogens with two attached hydrogens (primary N) is 1. The summed E-state index contributed by atoms with van der Waals surface area (Å²) in [6.07, 6.45) is 4.81.